The van der Waals surface area contributed by atoms with E-state index in [1.54, 1.807) is 73.2 Å². The molecule has 0 spiro atoms. The number of non-ortho nitro benzene ring substituents is 1. The summed E-state index contributed by atoms with van der Waals surface area (Å²) in [4.78, 5) is 43.3. The number of nitro benzene ring substituents is 1. The first-order valence-electron chi connectivity index (χ1n) is 14.3. The van der Waals surface area contributed by atoms with E-state index in [4.69, 9.17) is 14.5 Å². The Morgan fingerprint density at radius 1 is 0.978 bits per heavy atom. The van der Waals surface area contributed by atoms with E-state index in [1.165, 1.54) is 23.5 Å². The number of nitrogens with zero attached hydrogens (tertiary/aromatic N) is 3. The number of thiazole rings is 1. The number of nitro groups is 1. The maximum Gasteiger partial charge on any atom is 0.271 e. The summed E-state index contributed by atoms with van der Waals surface area (Å²) in [5.74, 6) is 0.931. The van der Waals surface area contributed by atoms with Gasteiger partial charge in [0, 0.05) is 17.8 Å². The molecule has 6 rings (SSSR count). The molecular formula is C35H28N4O6S. The molecule has 2 heterocycles. The summed E-state index contributed by atoms with van der Waals surface area (Å²) >= 11 is 1.26. The second-order valence-corrected chi connectivity index (χ2v) is 11.5. The van der Waals surface area contributed by atoms with Crippen molar-refractivity contribution in [1.29, 1.82) is 0 Å². The molecule has 0 radical (unpaired) electrons. The summed E-state index contributed by atoms with van der Waals surface area (Å²) in [7, 11) is 1.58. The zero-order chi connectivity index (χ0) is 32.2. The molecule has 10 nitrogen and oxygen atoms in total. The third kappa shape index (κ3) is 6.35. The zero-order valence-electron chi connectivity index (χ0n) is 24.9. The Morgan fingerprint density at radius 2 is 1.65 bits per heavy atom. The van der Waals surface area contributed by atoms with Crippen LogP contribution in [0.5, 0.6) is 11.5 Å². The summed E-state index contributed by atoms with van der Waals surface area (Å²) < 4.78 is 13.2. The van der Waals surface area contributed by atoms with Gasteiger partial charge in [0.25, 0.3) is 17.2 Å². The summed E-state index contributed by atoms with van der Waals surface area (Å²) in [6.45, 7) is 2.03. The van der Waals surface area contributed by atoms with Gasteiger partial charge in [-0.25, -0.2) is 4.99 Å². The van der Waals surface area contributed by atoms with E-state index in [0.717, 1.165) is 16.7 Å². The van der Waals surface area contributed by atoms with E-state index in [-0.39, 0.29) is 23.8 Å². The van der Waals surface area contributed by atoms with Crippen LogP contribution in [0.4, 0.5) is 11.4 Å². The van der Waals surface area contributed by atoms with Gasteiger partial charge in [-0.2, -0.15) is 0 Å². The Balaban J connectivity index is 1.31. The van der Waals surface area contributed by atoms with Gasteiger partial charge in [-0.05, 0) is 78.2 Å². The Bertz CT molecular complexity index is 2120. The summed E-state index contributed by atoms with van der Waals surface area (Å²) in [5.41, 5.74) is 3.63. The molecule has 1 aliphatic rings. The molecule has 0 bridgehead atoms. The number of benzene rings is 4. The average molecular weight is 633 g/mol. The van der Waals surface area contributed by atoms with Crippen molar-refractivity contribution in [2.45, 2.75) is 19.6 Å². The largest absolute Gasteiger partial charge is 0.497 e. The number of fused-ring (bicyclic) bond motifs is 1. The Labute approximate surface area is 267 Å². The second kappa shape index (κ2) is 13.0. The monoisotopic (exact) mass is 632 g/mol. The van der Waals surface area contributed by atoms with Crippen molar-refractivity contribution in [2.24, 2.45) is 4.99 Å². The fraction of sp³-hybridized carbons (Fsp3) is 0.114. The fourth-order valence-electron chi connectivity index (χ4n) is 5.13. The highest BCUT2D eigenvalue weighted by Gasteiger charge is 2.32. The average Bonchev–Trinajstić information content (AvgIpc) is 3.38. The Hall–Kier alpha value is -5.81. The number of carbonyl (C=O) groups excluding carboxylic acids is 1. The van der Waals surface area contributed by atoms with Gasteiger partial charge >= 0.3 is 0 Å². The van der Waals surface area contributed by atoms with Gasteiger partial charge in [0.2, 0.25) is 0 Å². The molecule has 230 valence electrons. The van der Waals surface area contributed by atoms with E-state index < -0.39 is 11.0 Å². The maximum absolute atomic E-state index is 14.0. The number of methoxy groups -OCH3 is 1. The molecular weight excluding hydrogens is 604 g/mol. The van der Waals surface area contributed by atoms with Gasteiger partial charge in [0.1, 0.15) is 18.1 Å². The van der Waals surface area contributed by atoms with Gasteiger partial charge in [-0.1, -0.05) is 53.8 Å². The van der Waals surface area contributed by atoms with Crippen LogP contribution in [0.2, 0.25) is 0 Å². The third-order valence-electron chi connectivity index (χ3n) is 7.46. The number of ether oxygens (including phenoxy) is 2. The summed E-state index contributed by atoms with van der Waals surface area (Å²) in [5, 5.41) is 13.8. The lowest BCUT2D eigenvalue weighted by Gasteiger charge is -2.25. The van der Waals surface area contributed by atoms with Crippen molar-refractivity contribution in [2.75, 3.05) is 12.4 Å². The number of carbonyl (C=O) groups is 1. The molecule has 46 heavy (non-hydrogen) atoms. The standard InChI is InChI=1S/C35H28N4O6S/c1-22-31(33(40)37-26-6-4-3-5-7-26)32(25-12-18-28(44-2)19-13-25)38-34(41)30(46-35(38)36-22)20-23-10-16-29(17-11-23)45-21-24-8-14-27(15-9-24)39(42)43/h3-20,32H,21H2,1-2H3,(H,37,40)/b30-20+/t32-/m0/s1. The van der Waals surface area contributed by atoms with Crippen LogP contribution in [0.3, 0.4) is 0 Å². The van der Waals surface area contributed by atoms with Crippen molar-refractivity contribution in [3.05, 3.63) is 161 Å². The molecule has 1 N–H and O–H groups in total. The van der Waals surface area contributed by atoms with Gasteiger partial charge in [0.15, 0.2) is 4.80 Å². The molecule has 5 aromatic rings. The molecule has 4 aromatic carbocycles. The number of nitrogens with one attached hydrogen (secondary N) is 1. The van der Waals surface area contributed by atoms with E-state index in [1.807, 2.05) is 42.5 Å². The predicted molar refractivity (Wildman–Crippen MR) is 176 cm³/mol. The van der Waals surface area contributed by atoms with Crippen molar-refractivity contribution >= 4 is 34.7 Å². The van der Waals surface area contributed by atoms with Gasteiger partial charge < -0.3 is 14.8 Å². The number of para-hydroxylation sites is 1. The molecule has 0 saturated carbocycles. The lowest BCUT2D eigenvalue weighted by molar-refractivity contribution is -0.384. The quantitative estimate of drug-likeness (QED) is 0.172. The van der Waals surface area contributed by atoms with E-state index in [2.05, 4.69) is 5.32 Å². The van der Waals surface area contributed by atoms with E-state index in [0.29, 0.717) is 37.8 Å². The Morgan fingerprint density at radius 3 is 2.30 bits per heavy atom. The predicted octanol–water partition coefficient (Wildman–Crippen LogP) is 5.37. The zero-order valence-corrected chi connectivity index (χ0v) is 25.7. The van der Waals surface area contributed by atoms with Crippen LogP contribution >= 0.6 is 11.3 Å². The van der Waals surface area contributed by atoms with Crippen molar-refractivity contribution < 1.29 is 19.2 Å². The number of amides is 1. The van der Waals surface area contributed by atoms with Crippen molar-refractivity contribution in [3.8, 4) is 11.5 Å². The first-order valence-corrected chi connectivity index (χ1v) is 15.1. The second-order valence-electron chi connectivity index (χ2n) is 10.5. The van der Waals surface area contributed by atoms with Gasteiger partial charge in [-0.15, -0.1) is 0 Å². The smallest absolute Gasteiger partial charge is 0.271 e. The summed E-state index contributed by atoms with van der Waals surface area (Å²) in [6.07, 6.45) is 1.79. The molecule has 1 atom stereocenters. The SMILES string of the molecule is COc1ccc([C@H]2C(C(=O)Nc3ccccc3)=C(C)N=c3s/c(=C/c4ccc(OCc5ccc([N+](=O)[O-])cc5)cc4)c(=O)n32)cc1. The lowest BCUT2D eigenvalue weighted by atomic mass is 9.95. The number of anilines is 1. The third-order valence-corrected chi connectivity index (χ3v) is 8.44. The summed E-state index contributed by atoms with van der Waals surface area (Å²) in [6, 6.07) is 29.2. The van der Waals surface area contributed by atoms with Gasteiger partial charge in [0.05, 0.1) is 33.9 Å². The van der Waals surface area contributed by atoms with Crippen LogP contribution < -0.4 is 29.7 Å². The van der Waals surface area contributed by atoms with E-state index >= 15 is 0 Å². The fourth-order valence-corrected chi connectivity index (χ4v) is 6.17. The lowest BCUT2D eigenvalue weighted by Crippen LogP contribution is -2.40. The number of hydrogen-bond donors (Lipinski definition) is 1. The van der Waals surface area contributed by atoms with Crippen LogP contribution in [0.15, 0.2) is 124 Å². The topological polar surface area (TPSA) is 125 Å². The molecule has 0 fully saturated rings. The Kier molecular flexibility index (Phi) is 8.57. The highest BCUT2D eigenvalue weighted by atomic mass is 32.1. The maximum atomic E-state index is 14.0. The number of hydrogen-bond acceptors (Lipinski definition) is 8. The minimum atomic E-state index is -0.705. The number of rotatable bonds is 9. The highest BCUT2D eigenvalue weighted by molar-refractivity contribution is 7.07. The molecule has 1 aromatic heterocycles. The van der Waals surface area contributed by atoms with Crippen molar-refractivity contribution in [3.63, 3.8) is 0 Å². The van der Waals surface area contributed by atoms with Crippen LogP contribution in [0.25, 0.3) is 6.08 Å². The van der Waals surface area contributed by atoms with Crippen LogP contribution in [-0.2, 0) is 11.4 Å². The van der Waals surface area contributed by atoms with Crippen molar-refractivity contribution in [1.82, 2.24) is 4.57 Å². The molecule has 0 unspecified atom stereocenters. The van der Waals surface area contributed by atoms with Crippen LogP contribution in [-0.4, -0.2) is 22.5 Å². The highest BCUT2D eigenvalue weighted by Crippen LogP contribution is 2.31. The molecule has 0 aliphatic carbocycles. The van der Waals surface area contributed by atoms with Crippen LogP contribution in [0.1, 0.15) is 29.7 Å². The molecule has 0 saturated heterocycles. The number of aromatic nitrogens is 1. The minimum absolute atomic E-state index is 0.0236. The first kappa shape index (κ1) is 30.2. The first-order chi connectivity index (χ1) is 22.3. The van der Waals surface area contributed by atoms with Crippen LogP contribution in [0, 0.1) is 10.1 Å². The minimum Gasteiger partial charge on any atom is -0.497 e. The molecule has 1 amide bonds. The van der Waals surface area contributed by atoms with E-state index in [9.17, 15) is 19.7 Å². The molecule has 1 aliphatic heterocycles. The number of allylic oxidation sites excluding steroid dienone is 1. The van der Waals surface area contributed by atoms with Gasteiger partial charge in [-0.3, -0.25) is 24.3 Å². The normalized spacial score (nSPS) is 14.3. The molecule has 11 heteroatoms.